The molecule has 0 saturated heterocycles. The lowest BCUT2D eigenvalue weighted by molar-refractivity contribution is 0.0786. The molecule has 4 aromatic rings. The van der Waals surface area contributed by atoms with Crippen molar-refractivity contribution in [2.75, 3.05) is 5.32 Å². The van der Waals surface area contributed by atoms with Crippen molar-refractivity contribution in [2.45, 2.75) is 32.4 Å². The molecule has 6 heteroatoms. The summed E-state index contributed by atoms with van der Waals surface area (Å²) in [5.41, 5.74) is 4.60. The fourth-order valence-electron chi connectivity index (χ4n) is 3.39. The first kappa shape index (κ1) is 20.3. The van der Waals surface area contributed by atoms with E-state index in [0.717, 1.165) is 39.0 Å². The third kappa shape index (κ3) is 4.13. The van der Waals surface area contributed by atoms with Gasteiger partial charge in [-0.25, -0.2) is 0 Å². The Hall–Kier alpha value is -3.02. The minimum Gasteiger partial charge on any atom is -0.386 e. The molecule has 0 bridgehead atoms. The molecular weight excluding hydrogens is 396 g/mol. The highest BCUT2D eigenvalue weighted by molar-refractivity contribution is 6.34. The normalized spacial score (nSPS) is 12.7. The smallest absolute Gasteiger partial charge is 0.0840 e. The van der Waals surface area contributed by atoms with Crippen LogP contribution in [0, 0.1) is 0 Å². The topological polar surface area (TPSA) is 70.9 Å². The fraction of sp³-hybridized carbons (Fsp3) is 0.208. The van der Waals surface area contributed by atoms with E-state index in [1.54, 1.807) is 38.6 Å². The standard InChI is InChI=1S/C24H23ClN4O/c1-15(22-14-26-10-11-27-22)29-23-19-12-17(6-9-21(19)28-13-20(23)25)16-4-7-18(8-5-16)24(2,3)30/h4-15,30H,1-3H3,(H,28,29)/t15-/m1/s1. The van der Waals surface area contributed by atoms with Crippen molar-refractivity contribution >= 4 is 28.2 Å². The third-order valence-corrected chi connectivity index (χ3v) is 5.42. The highest BCUT2D eigenvalue weighted by atomic mass is 35.5. The van der Waals surface area contributed by atoms with Crippen LogP contribution in [0.5, 0.6) is 0 Å². The van der Waals surface area contributed by atoms with Gasteiger partial charge in [0, 0.05) is 24.0 Å². The van der Waals surface area contributed by atoms with Crippen LogP contribution in [0.25, 0.3) is 22.0 Å². The van der Waals surface area contributed by atoms with E-state index in [2.05, 4.69) is 26.3 Å². The minimum absolute atomic E-state index is 0.0727. The van der Waals surface area contributed by atoms with E-state index in [-0.39, 0.29) is 6.04 Å². The molecule has 5 nitrogen and oxygen atoms in total. The van der Waals surface area contributed by atoms with Crippen LogP contribution < -0.4 is 5.32 Å². The molecule has 30 heavy (non-hydrogen) atoms. The summed E-state index contributed by atoms with van der Waals surface area (Å²) in [6, 6.07) is 14.0. The average molecular weight is 419 g/mol. The number of nitrogens with zero attached hydrogens (tertiary/aromatic N) is 3. The van der Waals surface area contributed by atoms with Crippen molar-refractivity contribution in [2.24, 2.45) is 0 Å². The van der Waals surface area contributed by atoms with E-state index in [4.69, 9.17) is 11.6 Å². The Morgan fingerprint density at radius 3 is 2.37 bits per heavy atom. The van der Waals surface area contributed by atoms with E-state index < -0.39 is 5.60 Å². The van der Waals surface area contributed by atoms with Crippen molar-refractivity contribution in [1.29, 1.82) is 0 Å². The summed E-state index contributed by atoms with van der Waals surface area (Å²) in [5, 5.41) is 15.1. The predicted octanol–water partition coefficient (Wildman–Crippen LogP) is 5.75. The van der Waals surface area contributed by atoms with Crippen molar-refractivity contribution in [3.63, 3.8) is 0 Å². The van der Waals surface area contributed by atoms with E-state index >= 15 is 0 Å². The van der Waals surface area contributed by atoms with Crippen molar-refractivity contribution in [3.05, 3.63) is 83.5 Å². The Morgan fingerprint density at radius 2 is 1.70 bits per heavy atom. The predicted molar refractivity (Wildman–Crippen MR) is 122 cm³/mol. The van der Waals surface area contributed by atoms with Gasteiger partial charge < -0.3 is 10.4 Å². The number of hydrogen-bond acceptors (Lipinski definition) is 5. The zero-order valence-electron chi connectivity index (χ0n) is 17.1. The lowest BCUT2D eigenvalue weighted by atomic mass is 9.95. The summed E-state index contributed by atoms with van der Waals surface area (Å²) >= 11 is 6.52. The first-order valence-electron chi connectivity index (χ1n) is 9.77. The number of hydrogen-bond donors (Lipinski definition) is 2. The molecule has 0 aliphatic heterocycles. The summed E-state index contributed by atoms with van der Waals surface area (Å²) in [6.45, 7) is 5.58. The van der Waals surface area contributed by atoms with Gasteiger partial charge in [0.05, 0.1) is 39.8 Å². The van der Waals surface area contributed by atoms with Crippen LogP contribution in [0.4, 0.5) is 5.69 Å². The largest absolute Gasteiger partial charge is 0.386 e. The van der Waals surface area contributed by atoms with Gasteiger partial charge in [0.15, 0.2) is 0 Å². The number of benzene rings is 2. The van der Waals surface area contributed by atoms with Crippen molar-refractivity contribution in [3.8, 4) is 11.1 Å². The van der Waals surface area contributed by atoms with Crippen LogP contribution in [0.1, 0.15) is 38.1 Å². The quantitative estimate of drug-likeness (QED) is 0.432. The molecule has 2 N–H and O–H groups in total. The maximum atomic E-state index is 10.2. The van der Waals surface area contributed by atoms with Crippen molar-refractivity contribution < 1.29 is 5.11 Å². The molecule has 0 saturated carbocycles. The number of halogens is 1. The SMILES string of the molecule is C[C@@H](Nc1c(Cl)cnc2ccc(-c3ccc(C(C)(C)O)cc3)cc12)c1cnccn1. The second kappa shape index (κ2) is 8.01. The van der Waals surface area contributed by atoms with Crippen LogP contribution in [0.2, 0.25) is 5.02 Å². The molecule has 0 aliphatic rings. The van der Waals surface area contributed by atoms with Gasteiger partial charge in [-0.3, -0.25) is 15.0 Å². The number of aromatic nitrogens is 3. The number of aliphatic hydroxyl groups is 1. The Kier molecular flexibility index (Phi) is 5.41. The molecule has 0 fully saturated rings. The van der Waals surface area contributed by atoms with Crippen LogP contribution in [0.15, 0.2) is 67.3 Å². The first-order valence-corrected chi connectivity index (χ1v) is 10.1. The molecule has 0 spiro atoms. The van der Waals surface area contributed by atoms with Gasteiger partial charge in [-0.1, -0.05) is 41.9 Å². The van der Waals surface area contributed by atoms with Gasteiger partial charge in [-0.05, 0) is 49.6 Å². The van der Waals surface area contributed by atoms with Gasteiger partial charge in [0.1, 0.15) is 0 Å². The minimum atomic E-state index is -0.868. The van der Waals surface area contributed by atoms with Crippen LogP contribution in [-0.4, -0.2) is 20.1 Å². The molecule has 2 aromatic heterocycles. The summed E-state index contributed by atoms with van der Waals surface area (Å²) in [6.07, 6.45) is 6.73. The molecule has 2 aromatic carbocycles. The van der Waals surface area contributed by atoms with Gasteiger partial charge in [0.2, 0.25) is 0 Å². The zero-order valence-corrected chi connectivity index (χ0v) is 17.9. The number of pyridine rings is 1. The zero-order chi connectivity index (χ0) is 21.3. The van der Waals surface area contributed by atoms with E-state index in [1.165, 1.54) is 0 Å². The number of fused-ring (bicyclic) bond motifs is 1. The van der Waals surface area contributed by atoms with E-state index in [0.29, 0.717) is 5.02 Å². The molecule has 2 heterocycles. The third-order valence-electron chi connectivity index (χ3n) is 5.13. The number of anilines is 1. The number of rotatable bonds is 5. The Balaban J connectivity index is 1.74. The van der Waals surface area contributed by atoms with E-state index in [9.17, 15) is 5.11 Å². The molecule has 0 unspecified atom stereocenters. The molecule has 1 atom stereocenters. The lowest BCUT2D eigenvalue weighted by Crippen LogP contribution is -2.14. The maximum absolute atomic E-state index is 10.2. The fourth-order valence-corrected chi connectivity index (χ4v) is 3.59. The van der Waals surface area contributed by atoms with Crippen LogP contribution >= 0.6 is 11.6 Å². The highest BCUT2D eigenvalue weighted by Crippen LogP contribution is 2.35. The second-order valence-corrected chi connectivity index (χ2v) is 8.25. The second-order valence-electron chi connectivity index (χ2n) is 7.85. The van der Waals surface area contributed by atoms with Gasteiger partial charge in [-0.15, -0.1) is 0 Å². The Morgan fingerprint density at radius 1 is 0.967 bits per heavy atom. The molecule has 0 aliphatic carbocycles. The van der Waals surface area contributed by atoms with E-state index in [1.807, 2.05) is 43.3 Å². The molecule has 4 rings (SSSR count). The van der Waals surface area contributed by atoms with Gasteiger partial charge in [0.25, 0.3) is 0 Å². The van der Waals surface area contributed by atoms with Crippen molar-refractivity contribution in [1.82, 2.24) is 15.0 Å². The summed E-state index contributed by atoms with van der Waals surface area (Å²) in [4.78, 5) is 13.0. The van der Waals surface area contributed by atoms with Crippen LogP contribution in [-0.2, 0) is 5.60 Å². The summed E-state index contributed by atoms with van der Waals surface area (Å²) < 4.78 is 0. The summed E-state index contributed by atoms with van der Waals surface area (Å²) in [5.74, 6) is 0. The molecular formula is C24H23ClN4O. The van der Waals surface area contributed by atoms with Gasteiger partial charge in [-0.2, -0.15) is 0 Å². The Labute approximate surface area is 180 Å². The average Bonchev–Trinajstić information content (AvgIpc) is 2.75. The first-order chi connectivity index (χ1) is 14.3. The maximum Gasteiger partial charge on any atom is 0.0840 e. The van der Waals surface area contributed by atoms with Crippen LogP contribution in [0.3, 0.4) is 0 Å². The lowest BCUT2D eigenvalue weighted by Gasteiger charge is -2.19. The Bertz CT molecular complexity index is 1170. The van der Waals surface area contributed by atoms with Gasteiger partial charge >= 0.3 is 0 Å². The number of nitrogens with one attached hydrogen (secondary N) is 1. The molecule has 152 valence electrons. The molecule has 0 radical (unpaired) electrons. The summed E-state index contributed by atoms with van der Waals surface area (Å²) in [7, 11) is 0. The monoisotopic (exact) mass is 418 g/mol. The molecule has 0 amide bonds. The highest BCUT2D eigenvalue weighted by Gasteiger charge is 2.16.